The standard InChI is InChI=1S/C11H12N2O2/c1-15-5-4-13-11-3-2-9(8-14)6-10(11)7-12-13/h2-3,6-8H,4-5H2,1H3. The number of carbonyl (C=O) groups is 1. The van der Waals surface area contributed by atoms with Gasteiger partial charge in [-0.15, -0.1) is 0 Å². The van der Waals surface area contributed by atoms with Gasteiger partial charge in [0.05, 0.1) is 24.9 Å². The molecule has 1 aromatic carbocycles. The van der Waals surface area contributed by atoms with Crippen molar-refractivity contribution in [2.45, 2.75) is 6.54 Å². The predicted molar refractivity (Wildman–Crippen MR) is 57.0 cm³/mol. The molecule has 1 aromatic heterocycles. The number of hydrogen-bond donors (Lipinski definition) is 0. The van der Waals surface area contributed by atoms with E-state index in [4.69, 9.17) is 4.74 Å². The first-order chi connectivity index (χ1) is 7.35. The molecule has 0 aliphatic carbocycles. The van der Waals surface area contributed by atoms with E-state index in [0.717, 1.165) is 23.7 Å². The molecule has 0 saturated heterocycles. The summed E-state index contributed by atoms with van der Waals surface area (Å²) < 4.78 is 6.86. The van der Waals surface area contributed by atoms with E-state index in [0.29, 0.717) is 12.2 Å². The second kappa shape index (κ2) is 4.23. The molecule has 0 aliphatic heterocycles. The minimum atomic E-state index is 0.631. The Balaban J connectivity index is 2.38. The number of carbonyl (C=O) groups excluding carboxylic acids is 1. The molecule has 0 spiro atoms. The first-order valence-corrected chi connectivity index (χ1v) is 4.75. The van der Waals surface area contributed by atoms with E-state index in [9.17, 15) is 4.79 Å². The van der Waals surface area contributed by atoms with Gasteiger partial charge in [0.1, 0.15) is 6.29 Å². The van der Waals surface area contributed by atoms with Crippen molar-refractivity contribution >= 4 is 17.2 Å². The van der Waals surface area contributed by atoms with Gasteiger partial charge in [-0.25, -0.2) is 0 Å². The van der Waals surface area contributed by atoms with Crippen molar-refractivity contribution in [3.8, 4) is 0 Å². The molecule has 15 heavy (non-hydrogen) atoms. The molecule has 0 aliphatic rings. The van der Waals surface area contributed by atoms with Crippen LogP contribution < -0.4 is 0 Å². The normalized spacial score (nSPS) is 10.7. The van der Waals surface area contributed by atoms with Crippen LogP contribution in [0.3, 0.4) is 0 Å². The molecule has 0 amide bonds. The number of ether oxygens (including phenoxy) is 1. The first-order valence-electron chi connectivity index (χ1n) is 4.75. The van der Waals surface area contributed by atoms with E-state index >= 15 is 0 Å². The lowest BCUT2D eigenvalue weighted by atomic mass is 10.2. The maximum Gasteiger partial charge on any atom is 0.150 e. The van der Waals surface area contributed by atoms with Crippen LogP contribution >= 0.6 is 0 Å². The Labute approximate surface area is 87.5 Å². The molecule has 0 bridgehead atoms. The van der Waals surface area contributed by atoms with E-state index in [1.807, 2.05) is 16.8 Å². The van der Waals surface area contributed by atoms with E-state index in [1.165, 1.54) is 0 Å². The maximum absolute atomic E-state index is 10.6. The predicted octanol–water partition coefficient (Wildman–Crippen LogP) is 1.50. The Morgan fingerprint density at radius 3 is 3.13 bits per heavy atom. The van der Waals surface area contributed by atoms with Crippen molar-refractivity contribution in [2.75, 3.05) is 13.7 Å². The van der Waals surface area contributed by atoms with Gasteiger partial charge in [-0.1, -0.05) is 0 Å². The van der Waals surface area contributed by atoms with E-state index in [1.54, 1.807) is 19.4 Å². The van der Waals surface area contributed by atoms with Gasteiger partial charge in [-0.2, -0.15) is 5.10 Å². The Morgan fingerprint density at radius 2 is 2.40 bits per heavy atom. The van der Waals surface area contributed by atoms with Gasteiger partial charge in [0.25, 0.3) is 0 Å². The van der Waals surface area contributed by atoms with Crippen LogP contribution in [0.2, 0.25) is 0 Å². The summed E-state index contributed by atoms with van der Waals surface area (Å²) in [5, 5.41) is 5.21. The van der Waals surface area contributed by atoms with Crippen molar-refractivity contribution in [3.05, 3.63) is 30.0 Å². The average Bonchev–Trinajstić information content (AvgIpc) is 2.68. The lowest BCUT2D eigenvalue weighted by Gasteiger charge is -2.01. The Morgan fingerprint density at radius 1 is 1.53 bits per heavy atom. The van der Waals surface area contributed by atoms with Crippen LogP contribution in [-0.4, -0.2) is 29.8 Å². The van der Waals surface area contributed by atoms with Gasteiger partial charge in [0.15, 0.2) is 0 Å². The van der Waals surface area contributed by atoms with Crippen LogP contribution in [0.1, 0.15) is 10.4 Å². The van der Waals surface area contributed by atoms with Crippen molar-refractivity contribution in [3.63, 3.8) is 0 Å². The van der Waals surface area contributed by atoms with Gasteiger partial charge >= 0.3 is 0 Å². The minimum Gasteiger partial charge on any atom is -0.383 e. The highest BCUT2D eigenvalue weighted by Crippen LogP contribution is 2.14. The van der Waals surface area contributed by atoms with E-state index in [2.05, 4.69) is 5.10 Å². The molecule has 4 heteroatoms. The Bertz CT molecular complexity index is 476. The van der Waals surface area contributed by atoms with E-state index in [-0.39, 0.29) is 0 Å². The molecule has 2 rings (SSSR count). The number of fused-ring (bicyclic) bond motifs is 1. The second-order valence-electron chi connectivity index (χ2n) is 3.30. The van der Waals surface area contributed by atoms with Crippen molar-refractivity contribution in [2.24, 2.45) is 0 Å². The number of rotatable bonds is 4. The Hall–Kier alpha value is -1.68. The molecule has 0 N–H and O–H groups in total. The average molecular weight is 204 g/mol. The van der Waals surface area contributed by atoms with Gasteiger partial charge in [-0.05, 0) is 18.2 Å². The van der Waals surface area contributed by atoms with E-state index < -0.39 is 0 Å². The van der Waals surface area contributed by atoms with Gasteiger partial charge < -0.3 is 4.74 Å². The van der Waals surface area contributed by atoms with Crippen LogP contribution in [-0.2, 0) is 11.3 Å². The molecule has 0 saturated carbocycles. The molecule has 0 unspecified atom stereocenters. The third kappa shape index (κ3) is 1.89. The SMILES string of the molecule is COCCn1ncc2cc(C=O)ccc21. The number of nitrogens with zero attached hydrogens (tertiary/aromatic N) is 2. The number of benzene rings is 1. The lowest BCUT2D eigenvalue weighted by molar-refractivity contribution is 0.112. The summed E-state index contributed by atoms with van der Waals surface area (Å²) in [6.45, 7) is 1.35. The summed E-state index contributed by atoms with van der Waals surface area (Å²) in [7, 11) is 1.66. The molecule has 0 atom stereocenters. The van der Waals surface area contributed by atoms with Crippen LogP contribution in [0.4, 0.5) is 0 Å². The second-order valence-corrected chi connectivity index (χ2v) is 3.30. The zero-order valence-corrected chi connectivity index (χ0v) is 8.51. The summed E-state index contributed by atoms with van der Waals surface area (Å²) in [5.41, 5.74) is 1.70. The summed E-state index contributed by atoms with van der Waals surface area (Å²) in [6.07, 6.45) is 2.60. The minimum absolute atomic E-state index is 0.631. The first kappa shape index (κ1) is 9.86. The largest absolute Gasteiger partial charge is 0.383 e. The summed E-state index contributed by atoms with van der Waals surface area (Å²) in [4.78, 5) is 10.6. The molecule has 1 heterocycles. The fourth-order valence-corrected chi connectivity index (χ4v) is 1.53. The summed E-state index contributed by atoms with van der Waals surface area (Å²) >= 11 is 0. The third-order valence-electron chi connectivity index (χ3n) is 2.31. The number of aldehydes is 1. The van der Waals surface area contributed by atoms with Crippen LogP contribution in [0, 0.1) is 0 Å². The third-order valence-corrected chi connectivity index (χ3v) is 2.31. The van der Waals surface area contributed by atoms with Gasteiger partial charge in [-0.3, -0.25) is 9.48 Å². The number of methoxy groups -OCH3 is 1. The quantitative estimate of drug-likeness (QED) is 0.709. The highest BCUT2D eigenvalue weighted by Gasteiger charge is 2.02. The maximum atomic E-state index is 10.6. The zero-order chi connectivity index (χ0) is 10.7. The monoisotopic (exact) mass is 204 g/mol. The van der Waals surface area contributed by atoms with Crippen LogP contribution in [0.25, 0.3) is 10.9 Å². The fraction of sp³-hybridized carbons (Fsp3) is 0.273. The lowest BCUT2D eigenvalue weighted by Crippen LogP contribution is -2.05. The van der Waals surface area contributed by atoms with Crippen molar-refractivity contribution < 1.29 is 9.53 Å². The zero-order valence-electron chi connectivity index (χ0n) is 8.51. The van der Waals surface area contributed by atoms with Gasteiger partial charge in [0.2, 0.25) is 0 Å². The molecule has 0 radical (unpaired) electrons. The Kier molecular flexibility index (Phi) is 2.78. The molecule has 78 valence electrons. The highest BCUT2D eigenvalue weighted by molar-refractivity contribution is 5.86. The topological polar surface area (TPSA) is 44.1 Å². The number of hydrogen-bond acceptors (Lipinski definition) is 3. The van der Waals surface area contributed by atoms with Crippen LogP contribution in [0.15, 0.2) is 24.4 Å². The molecular weight excluding hydrogens is 192 g/mol. The molecule has 2 aromatic rings. The van der Waals surface area contributed by atoms with Gasteiger partial charge in [0, 0.05) is 18.1 Å². The molecule has 0 fully saturated rings. The fourth-order valence-electron chi connectivity index (χ4n) is 1.53. The number of aromatic nitrogens is 2. The smallest absolute Gasteiger partial charge is 0.150 e. The summed E-state index contributed by atoms with van der Waals surface area (Å²) in [5.74, 6) is 0. The molecule has 4 nitrogen and oxygen atoms in total. The summed E-state index contributed by atoms with van der Waals surface area (Å²) in [6, 6.07) is 5.53. The molecular formula is C11H12N2O2. The van der Waals surface area contributed by atoms with Crippen molar-refractivity contribution in [1.29, 1.82) is 0 Å². The van der Waals surface area contributed by atoms with Crippen LogP contribution in [0.5, 0.6) is 0 Å². The van der Waals surface area contributed by atoms with Crippen molar-refractivity contribution in [1.82, 2.24) is 9.78 Å². The highest BCUT2D eigenvalue weighted by atomic mass is 16.5.